The monoisotopic (exact) mass is 284 g/mol. The summed E-state index contributed by atoms with van der Waals surface area (Å²) in [6, 6.07) is -0.139. The summed E-state index contributed by atoms with van der Waals surface area (Å²) in [4.78, 5) is 16.1. The van der Waals surface area contributed by atoms with Crippen LogP contribution >= 0.6 is 11.3 Å². The molecular formula is C14H24N2O2S. The molecule has 0 aliphatic heterocycles. The first-order valence-corrected chi connectivity index (χ1v) is 7.84. The lowest BCUT2D eigenvalue weighted by Gasteiger charge is -2.13. The lowest BCUT2D eigenvalue weighted by molar-refractivity contribution is 0.0422. The average molecular weight is 284 g/mol. The Balaban J connectivity index is 2.45. The standard InChI is InChI=1S/C14H24N2O2S/c1-4-6-7-11(5-2)8-18-14(17)12-9-19-13(16-12)10(3)15/h9-11H,4-8,15H2,1-3H3. The van der Waals surface area contributed by atoms with Crippen LogP contribution in [0.1, 0.15) is 68.0 Å². The molecule has 1 aromatic rings. The summed E-state index contributed by atoms with van der Waals surface area (Å²) in [5, 5.41) is 2.48. The quantitative estimate of drug-likeness (QED) is 0.742. The Morgan fingerprint density at radius 1 is 1.53 bits per heavy atom. The molecule has 2 N–H and O–H groups in total. The molecule has 4 nitrogen and oxygen atoms in total. The predicted octanol–water partition coefficient (Wildman–Crippen LogP) is 3.54. The van der Waals surface area contributed by atoms with E-state index in [4.69, 9.17) is 10.5 Å². The van der Waals surface area contributed by atoms with Gasteiger partial charge in [-0.15, -0.1) is 11.3 Å². The second-order valence-electron chi connectivity index (χ2n) is 4.87. The van der Waals surface area contributed by atoms with Crippen molar-refractivity contribution in [2.24, 2.45) is 11.7 Å². The van der Waals surface area contributed by atoms with Gasteiger partial charge in [-0.05, 0) is 19.3 Å². The minimum atomic E-state index is -0.335. The van der Waals surface area contributed by atoms with Gasteiger partial charge in [0, 0.05) is 5.38 Å². The third-order valence-corrected chi connectivity index (χ3v) is 4.16. The summed E-state index contributed by atoms with van der Waals surface area (Å²) in [6.45, 7) is 6.64. The van der Waals surface area contributed by atoms with Crippen molar-refractivity contribution in [1.29, 1.82) is 0 Å². The smallest absolute Gasteiger partial charge is 0.357 e. The maximum atomic E-state index is 11.9. The van der Waals surface area contributed by atoms with E-state index in [9.17, 15) is 4.79 Å². The Morgan fingerprint density at radius 3 is 2.79 bits per heavy atom. The van der Waals surface area contributed by atoms with Crippen molar-refractivity contribution in [2.45, 2.75) is 52.5 Å². The highest BCUT2D eigenvalue weighted by molar-refractivity contribution is 7.09. The topological polar surface area (TPSA) is 65.2 Å². The number of thiazole rings is 1. The molecule has 0 radical (unpaired) electrons. The van der Waals surface area contributed by atoms with Gasteiger partial charge in [-0.2, -0.15) is 0 Å². The molecule has 0 aromatic carbocycles. The Kier molecular flexibility index (Phi) is 7.02. The lowest BCUT2D eigenvalue weighted by atomic mass is 10.0. The number of rotatable bonds is 8. The van der Waals surface area contributed by atoms with Gasteiger partial charge in [0.05, 0.1) is 12.6 Å². The van der Waals surface area contributed by atoms with Crippen LogP contribution in [-0.2, 0) is 4.74 Å². The second kappa shape index (κ2) is 8.27. The van der Waals surface area contributed by atoms with E-state index in [0.717, 1.165) is 17.8 Å². The van der Waals surface area contributed by atoms with E-state index in [-0.39, 0.29) is 12.0 Å². The van der Waals surface area contributed by atoms with E-state index < -0.39 is 0 Å². The number of nitrogens with two attached hydrogens (primary N) is 1. The van der Waals surface area contributed by atoms with Gasteiger partial charge in [0.1, 0.15) is 5.01 Å². The highest BCUT2D eigenvalue weighted by Gasteiger charge is 2.16. The third-order valence-electron chi connectivity index (χ3n) is 3.11. The molecule has 0 saturated carbocycles. The SMILES string of the molecule is CCCCC(CC)COC(=O)c1csc(C(C)N)n1. The van der Waals surface area contributed by atoms with Crippen molar-refractivity contribution in [1.82, 2.24) is 4.98 Å². The Bertz CT molecular complexity index is 391. The lowest BCUT2D eigenvalue weighted by Crippen LogP contribution is -2.14. The van der Waals surface area contributed by atoms with Crippen molar-refractivity contribution in [2.75, 3.05) is 6.61 Å². The van der Waals surface area contributed by atoms with Crippen LogP contribution in [0.25, 0.3) is 0 Å². The van der Waals surface area contributed by atoms with Gasteiger partial charge in [0.25, 0.3) is 0 Å². The Hall–Kier alpha value is -0.940. The number of esters is 1. The zero-order chi connectivity index (χ0) is 14.3. The molecule has 0 spiro atoms. The molecular weight excluding hydrogens is 260 g/mol. The molecule has 108 valence electrons. The highest BCUT2D eigenvalue weighted by Crippen LogP contribution is 2.18. The average Bonchev–Trinajstić information content (AvgIpc) is 2.88. The van der Waals surface area contributed by atoms with Gasteiger partial charge in [0.15, 0.2) is 5.69 Å². The van der Waals surface area contributed by atoms with E-state index in [1.807, 2.05) is 6.92 Å². The fraction of sp³-hybridized carbons (Fsp3) is 0.714. The molecule has 1 aromatic heterocycles. The van der Waals surface area contributed by atoms with Gasteiger partial charge in [-0.1, -0.05) is 33.1 Å². The number of nitrogens with zero attached hydrogens (tertiary/aromatic N) is 1. The van der Waals surface area contributed by atoms with Crippen LogP contribution < -0.4 is 5.73 Å². The first-order valence-electron chi connectivity index (χ1n) is 6.96. The van der Waals surface area contributed by atoms with Crippen LogP contribution in [0.4, 0.5) is 0 Å². The van der Waals surface area contributed by atoms with Crippen LogP contribution in [0.5, 0.6) is 0 Å². The summed E-state index contributed by atoms with van der Waals surface area (Å²) in [6.07, 6.45) is 4.51. The Morgan fingerprint density at radius 2 is 2.26 bits per heavy atom. The minimum absolute atomic E-state index is 0.139. The van der Waals surface area contributed by atoms with E-state index in [2.05, 4.69) is 18.8 Å². The number of ether oxygens (including phenoxy) is 1. The van der Waals surface area contributed by atoms with Crippen molar-refractivity contribution in [3.8, 4) is 0 Å². The van der Waals surface area contributed by atoms with Crippen LogP contribution in [0.15, 0.2) is 5.38 Å². The van der Waals surface area contributed by atoms with Crippen molar-refractivity contribution >= 4 is 17.3 Å². The predicted molar refractivity (Wildman–Crippen MR) is 78.3 cm³/mol. The largest absolute Gasteiger partial charge is 0.461 e. The van der Waals surface area contributed by atoms with Crippen molar-refractivity contribution in [3.63, 3.8) is 0 Å². The zero-order valence-electron chi connectivity index (χ0n) is 12.0. The third kappa shape index (κ3) is 5.28. The fourth-order valence-electron chi connectivity index (χ4n) is 1.76. The van der Waals surface area contributed by atoms with Gasteiger partial charge in [0.2, 0.25) is 0 Å². The summed E-state index contributed by atoms with van der Waals surface area (Å²) in [5.74, 6) is 0.119. The van der Waals surface area contributed by atoms with Crippen molar-refractivity contribution < 1.29 is 9.53 Å². The molecule has 19 heavy (non-hydrogen) atoms. The van der Waals surface area contributed by atoms with Crippen LogP contribution in [0, 0.1) is 5.92 Å². The van der Waals surface area contributed by atoms with E-state index in [1.165, 1.54) is 24.2 Å². The van der Waals surface area contributed by atoms with Crippen LogP contribution in [0.3, 0.4) is 0 Å². The Labute approximate surface area is 119 Å². The number of carbonyl (C=O) groups excluding carboxylic acids is 1. The first kappa shape index (κ1) is 16.1. The molecule has 2 atom stereocenters. The number of hydrogen-bond donors (Lipinski definition) is 1. The number of carbonyl (C=O) groups is 1. The van der Waals surface area contributed by atoms with Crippen LogP contribution in [0.2, 0.25) is 0 Å². The normalized spacial score (nSPS) is 14.1. The number of aromatic nitrogens is 1. The molecule has 0 aliphatic rings. The van der Waals surface area contributed by atoms with Gasteiger partial charge >= 0.3 is 5.97 Å². The van der Waals surface area contributed by atoms with E-state index in [0.29, 0.717) is 18.2 Å². The van der Waals surface area contributed by atoms with Gasteiger partial charge < -0.3 is 10.5 Å². The molecule has 2 unspecified atom stereocenters. The summed E-state index contributed by atoms with van der Waals surface area (Å²) in [7, 11) is 0. The maximum Gasteiger partial charge on any atom is 0.357 e. The zero-order valence-corrected chi connectivity index (χ0v) is 12.8. The number of unbranched alkanes of at least 4 members (excludes halogenated alkanes) is 1. The van der Waals surface area contributed by atoms with Gasteiger partial charge in [-0.25, -0.2) is 9.78 Å². The summed E-state index contributed by atoms with van der Waals surface area (Å²) >= 11 is 1.40. The highest BCUT2D eigenvalue weighted by atomic mass is 32.1. The minimum Gasteiger partial charge on any atom is -0.461 e. The number of hydrogen-bond acceptors (Lipinski definition) is 5. The molecule has 0 saturated heterocycles. The molecule has 0 aliphatic carbocycles. The van der Waals surface area contributed by atoms with Crippen LogP contribution in [-0.4, -0.2) is 17.6 Å². The van der Waals surface area contributed by atoms with Crippen molar-refractivity contribution in [3.05, 3.63) is 16.1 Å². The summed E-state index contributed by atoms with van der Waals surface area (Å²) in [5.41, 5.74) is 6.10. The molecule has 1 heterocycles. The first-order chi connectivity index (χ1) is 9.08. The fourth-order valence-corrected chi connectivity index (χ4v) is 2.50. The molecule has 0 bridgehead atoms. The van der Waals surface area contributed by atoms with Gasteiger partial charge in [-0.3, -0.25) is 0 Å². The second-order valence-corrected chi connectivity index (χ2v) is 5.76. The van der Waals surface area contributed by atoms with E-state index >= 15 is 0 Å². The summed E-state index contributed by atoms with van der Waals surface area (Å²) < 4.78 is 5.34. The molecule has 1 rings (SSSR count). The molecule has 0 fully saturated rings. The maximum absolute atomic E-state index is 11.9. The van der Waals surface area contributed by atoms with E-state index in [1.54, 1.807) is 5.38 Å². The molecule has 0 amide bonds. The molecule has 5 heteroatoms.